The van der Waals surface area contributed by atoms with Crippen LogP contribution >= 0.6 is 11.6 Å². The molecule has 4 nitrogen and oxygen atoms in total. The second kappa shape index (κ2) is 5.35. The third-order valence-corrected chi connectivity index (χ3v) is 2.70. The number of rotatable bonds is 4. The highest BCUT2D eigenvalue weighted by Gasteiger charge is 2.46. The number of halogens is 1. The van der Waals surface area contributed by atoms with Gasteiger partial charge in [-0.15, -0.1) is 11.6 Å². The Bertz CT molecular complexity index is 246. The molecule has 0 aliphatic heterocycles. The molecule has 0 saturated heterocycles. The fraction of sp³-hybridized carbons (Fsp3) is 0.800. The average Bonchev–Trinajstić information content (AvgIpc) is 2.68. The molecule has 1 aliphatic rings. The zero-order valence-electron chi connectivity index (χ0n) is 8.75. The van der Waals surface area contributed by atoms with E-state index in [4.69, 9.17) is 21.1 Å². The van der Waals surface area contributed by atoms with Crippen LogP contribution in [-0.4, -0.2) is 30.0 Å². The van der Waals surface area contributed by atoms with Gasteiger partial charge in [-0.25, -0.2) is 4.79 Å². The van der Waals surface area contributed by atoms with Gasteiger partial charge in [-0.2, -0.15) is 0 Å². The topological polar surface area (TPSA) is 52.6 Å². The third-order valence-electron chi connectivity index (χ3n) is 2.48. The Morgan fingerprint density at radius 1 is 1.33 bits per heavy atom. The molecule has 1 fully saturated rings. The fourth-order valence-electron chi connectivity index (χ4n) is 1.80. The monoisotopic (exact) mass is 234 g/mol. The molecule has 0 heterocycles. The second-order valence-electron chi connectivity index (χ2n) is 3.53. The van der Waals surface area contributed by atoms with Crippen LogP contribution in [-0.2, 0) is 19.1 Å². The zero-order valence-corrected chi connectivity index (χ0v) is 9.51. The van der Waals surface area contributed by atoms with Crippen LogP contribution in [0.15, 0.2) is 0 Å². The average molecular weight is 235 g/mol. The molecular formula is C10H15ClO4. The maximum atomic E-state index is 11.7. The summed E-state index contributed by atoms with van der Waals surface area (Å²) in [4.78, 5) is 22.8. The summed E-state index contributed by atoms with van der Waals surface area (Å²) in [6, 6.07) is 0. The Morgan fingerprint density at radius 2 is 1.93 bits per heavy atom. The largest absolute Gasteiger partial charge is 0.463 e. The van der Waals surface area contributed by atoms with Gasteiger partial charge in [-0.05, 0) is 32.6 Å². The molecule has 0 aromatic rings. The van der Waals surface area contributed by atoms with Crippen molar-refractivity contribution in [1.29, 1.82) is 0 Å². The highest BCUT2D eigenvalue weighted by Crippen LogP contribution is 2.34. The molecule has 1 saturated carbocycles. The van der Waals surface area contributed by atoms with Crippen LogP contribution in [0.1, 0.15) is 32.6 Å². The summed E-state index contributed by atoms with van der Waals surface area (Å²) in [5.74, 6) is -1.24. The van der Waals surface area contributed by atoms with Gasteiger partial charge in [0.2, 0.25) is 5.60 Å². The fourth-order valence-corrected chi connectivity index (χ4v) is 1.86. The SMILES string of the molecule is CCOC(=O)C1(OC(=O)CCl)CCCC1. The first-order chi connectivity index (χ1) is 7.14. The van der Waals surface area contributed by atoms with Gasteiger partial charge in [0.1, 0.15) is 5.88 Å². The minimum atomic E-state index is -1.07. The lowest BCUT2D eigenvalue weighted by Gasteiger charge is -2.25. The van der Waals surface area contributed by atoms with E-state index in [1.54, 1.807) is 6.92 Å². The Morgan fingerprint density at radius 3 is 2.40 bits per heavy atom. The molecule has 0 N–H and O–H groups in total. The van der Waals surface area contributed by atoms with Crippen LogP contribution in [0.4, 0.5) is 0 Å². The predicted octanol–water partition coefficient (Wildman–Crippen LogP) is 1.64. The van der Waals surface area contributed by atoms with Crippen LogP contribution in [0.5, 0.6) is 0 Å². The minimum Gasteiger partial charge on any atom is -0.463 e. The molecule has 0 aromatic heterocycles. The van der Waals surface area contributed by atoms with Gasteiger partial charge in [0, 0.05) is 0 Å². The summed E-state index contributed by atoms with van der Waals surface area (Å²) in [5.41, 5.74) is -1.07. The van der Waals surface area contributed by atoms with Gasteiger partial charge in [0.05, 0.1) is 6.61 Å². The molecule has 0 bridgehead atoms. The first kappa shape index (κ1) is 12.3. The number of carbonyl (C=O) groups is 2. The van der Waals surface area contributed by atoms with Crippen LogP contribution in [0, 0.1) is 0 Å². The van der Waals surface area contributed by atoms with Crippen LogP contribution in [0.3, 0.4) is 0 Å². The quantitative estimate of drug-likeness (QED) is 0.548. The molecule has 1 aliphatic carbocycles. The summed E-state index contributed by atoms with van der Waals surface area (Å²) in [6.45, 7) is 2.02. The van der Waals surface area contributed by atoms with Gasteiger partial charge < -0.3 is 9.47 Å². The van der Waals surface area contributed by atoms with E-state index in [9.17, 15) is 9.59 Å². The maximum Gasteiger partial charge on any atom is 0.350 e. The van der Waals surface area contributed by atoms with E-state index >= 15 is 0 Å². The number of carbonyl (C=O) groups excluding carboxylic acids is 2. The lowest BCUT2D eigenvalue weighted by Crippen LogP contribution is -2.42. The van der Waals surface area contributed by atoms with Gasteiger partial charge in [0.25, 0.3) is 0 Å². The van der Waals surface area contributed by atoms with Gasteiger partial charge in [-0.3, -0.25) is 4.79 Å². The van der Waals surface area contributed by atoms with E-state index in [1.807, 2.05) is 0 Å². The van der Waals surface area contributed by atoms with E-state index in [0.717, 1.165) is 12.8 Å². The zero-order chi connectivity index (χ0) is 11.3. The molecule has 5 heteroatoms. The second-order valence-corrected chi connectivity index (χ2v) is 3.80. The van der Waals surface area contributed by atoms with Crippen LogP contribution < -0.4 is 0 Å². The van der Waals surface area contributed by atoms with Crippen molar-refractivity contribution in [2.24, 2.45) is 0 Å². The van der Waals surface area contributed by atoms with E-state index in [-0.39, 0.29) is 5.88 Å². The van der Waals surface area contributed by atoms with Crippen molar-refractivity contribution in [1.82, 2.24) is 0 Å². The van der Waals surface area contributed by atoms with Gasteiger partial charge in [0.15, 0.2) is 0 Å². The van der Waals surface area contributed by atoms with Crippen molar-refractivity contribution in [2.45, 2.75) is 38.2 Å². The Balaban J connectivity index is 2.69. The van der Waals surface area contributed by atoms with E-state index in [2.05, 4.69) is 0 Å². The van der Waals surface area contributed by atoms with Crippen LogP contribution in [0.25, 0.3) is 0 Å². The molecule has 0 amide bonds. The summed E-state index contributed by atoms with van der Waals surface area (Å²) in [6.07, 6.45) is 2.81. The maximum absolute atomic E-state index is 11.7. The Labute approximate surface area is 93.9 Å². The molecular weight excluding hydrogens is 220 g/mol. The highest BCUT2D eigenvalue weighted by atomic mass is 35.5. The number of esters is 2. The van der Waals surface area contributed by atoms with Crippen molar-refractivity contribution < 1.29 is 19.1 Å². The van der Waals surface area contributed by atoms with Crippen molar-refractivity contribution in [3.63, 3.8) is 0 Å². The Hall–Kier alpha value is -0.770. The van der Waals surface area contributed by atoms with Crippen LogP contribution in [0.2, 0.25) is 0 Å². The van der Waals surface area contributed by atoms with E-state index in [0.29, 0.717) is 19.4 Å². The van der Waals surface area contributed by atoms with Crippen molar-refractivity contribution in [2.75, 3.05) is 12.5 Å². The number of alkyl halides is 1. The van der Waals surface area contributed by atoms with E-state index < -0.39 is 17.5 Å². The third kappa shape index (κ3) is 2.84. The van der Waals surface area contributed by atoms with Gasteiger partial charge in [-0.1, -0.05) is 0 Å². The lowest BCUT2D eigenvalue weighted by atomic mass is 10.0. The first-order valence-corrected chi connectivity index (χ1v) is 5.63. The van der Waals surface area contributed by atoms with E-state index in [1.165, 1.54) is 0 Å². The molecule has 15 heavy (non-hydrogen) atoms. The summed E-state index contributed by atoms with van der Waals surface area (Å²) < 4.78 is 10.0. The molecule has 0 spiro atoms. The molecule has 86 valence electrons. The predicted molar refractivity (Wildman–Crippen MR) is 54.6 cm³/mol. The number of ether oxygens (including phenoxy) is 2. The molecule has 1 rings (SSSR count). The summed E-state index contributed by atoms with van der Waals surface area (Å²) in [5, 5.41) is 0. The highest BCUT2D eigenvalue weighted by molar-refractivity contribution is 6.26. The van der Waals surface area contributed by atoms with Crippen molar-refractivity contribution >= 4 is 23.5 Å². The normalized spacial score (nSPS) is 18.5. The first-order valence-electron chi connectivity index (χ1n) is 5.09. The number of hydrogen-bond acceptors (Lipinski definition) is 4. The van der Waals surface area contributed by atoms with Crippen molar-refractivity contribution in [3.05, 3.63) is 0 Å². The minimum absolute atomic E-state index is 0.235. The summed E-state index contributed by atoms with van der Waals surface area (Å²) >= 11 is 5.35. The number of hydrogen-bond donors (Lipinski definition) is 0. The standard InChI is InChI=1S/C10H15ClO4/c1-2-14-9(13)10(5-3-4-6-10)15-8(12)7-11/h2-7H2,1H3. The molecule has 0 aromatic carbocycles. The summed E-state index contributed by atoms with van der Waals surface area (Å²) in [7, 11) is 0. The Kier molecular flexibility index (Phi) is 4.39. The van der Waals surface area contributed by atoms with Crippen molar-refractivity contribution in [3.8, 4) is 0 Å². The molecule has 0 unspecified atom stereocenters. The smallest absolute Gasteiger partial charge is 0.350 e. The molecule has 0 radical (unpaired) electrons. The lowest BCUT2D eigenvalue weighted by molar-refractivity contribution is -0.180. The van der Waals surface area contributed by atoms with Gasteiger partial charge >= 0.3 is 11.9 Å². The molecule has 0 atom stereocenters.